The molecule has 0 aliphatic rings. The monoisotopic (exact) mass is 364 g/mol. The molecule has 0 aliphatic carbocycles. The Kier molecular flexibility index (Phi) is 7.53. The maximum absolute atomic E-state index is 13.0. The first-order valence-corrected chi connectivity index (χ1v) is 8.28. The average Bonchev–Trinajstić information content (AvgIpc) is 2.67. The van der Waals surface area contributed by atoms with Gasteiger partial charge in [-0.05, 0) is 29.8 Å². The van der Waals surface area contributed by atoms with E-state index in [4.69, 9.17) is 11.1 Å². The molecule has 0 saturated heterocycles. The zero-order chi connectivity index (χ0) is 19.5. The maximum Gasteiger partial charge on any atom is 0.248 e. The molecule has 5 N–H and O–H groups in total. The van der Waals surface area contributed by atoms with Crippen molar-refractivity contribution in [1.29, 1.82) is 5.41 Å². The van der Waals surface area contributed by atoms with E-state index >= 15 is 0 Å². The molecule has 0 heterocycles. The van der Waals surface area contributed by atoms with Gasteiger partial charge in [-0.3, -0.25) is 4.79 Å². The van der Waals surface area contributed by atoms with Crippen LogP contribution in [0.25, 0.3) is 6.08 Å². The lowest BCUT2D eigenvalue weighted by Gasteiger charge is -2.05. The van der Waals surface area contributed by atoms with Crippen molar-refractivity contribution in [1.82, 2.24) is 5.32 Å². The van der Waals surface area contributed by atoms with E-state index in [-0.39, 0.29) is 5.69 Å². The van der Waals surface area contributed by atoms with Crippen LogP contribution in [0.15, 0.2) is 78.5 Å². The number of carbonyl (C=O) groups excluding carboxylic acids is 1. The number of nitrogens with one attached hydrogen (secondary N) is 3. The number of anilines is 2. The molecule has 27 heavy (non-hydrogen) atoms. The molecule has 0 saturated carbocycles. The van der Waals surface area contributed by atoms with Crippen LogP contribution >= 0.6 is 0 Å². The summed E-state index contributed by atoms with van der Waals surface area (Å²) in [4.78, 5) is 11.9. The quantitative estimate of drug-likeness (QED) is 0.189. The molecule has 2 aromatic carbocycles. The number of carbonyl (C=O) groups is 1. The molecular weight excluding hydrogens is 343 g/mol. The van der Waals surface area contributed by atoms with Crippen molar-refractivity contribution in [2.75, 3.05) is 17.6 Å². The Morgan fingerprint density at radius 1 is 1.15 bits per heavy atom. The van der Waals surface area contributed by atoms with Crippen LogP contribution in [0, 0.1) is 11.2 Å². The third-order valence-corrected chi connectivity index (χ3v) is 3.48. The highest BCUT2D eigenvalue weighted by Crippen LogP contribution is 2.18. The van der Waals surface area contributed by atoms with Gasteiger partial charge < -0.3 is 21.8 Å². The Hall–Kier alpha value is -3.67. The lowest BCUT2D eigenvalue weighted by Crippen LogP contribution is -2.10. The molecule has 0 fully saturated rings. The van der Waals surface area contributed by atoms with E-state index in [1.54, 1.807) is 6.20 Å². The van der Waals surface area contributed by atoms with Crippen LogP contribution in [0.4, 0.5) is 15.8 Å². The van der Waals surface area contributed by atoms with Crippen LogP contribution in [0.3, 0.4) is 0 Å². The lowest BCUT2D eigenvalue weighted by atomic mass is 10.2. The van der Waals surface area contributed by atoms with Crippen LogP contribution in [-0.4, -0.2) is 18.7 Å². The molecule has 2 rings (SSSR count). The molecule has 0 spiro atoms. The van der Waals surface area contributed by atoms with Gasteiger partial charge in [0.1, 0.15) is 5.82 Å². The summed E-state index contributed by atoms with van der Waals surface area (Å²) in [7, 11) is 0. The highest BCUT2D eigenvalue weighted by molar-refractivity contribution is 6.02. The van der Waals surface area contributed by atoms with E-state index in [1.165, 1.54) is 24.3 Å². The first-order chi connectivity index (χ1) is 13.1. The van der Waals surface area contributed by atoms with Crippen molar-refractivity contribution in [3.05, 3.63) is 89.9 Å². The van der Waals surface area contributed by atoms with Gasteiger partial charge in [-0.2, -0.15) is 0 Å². The van der Waals surface area contributed by atoms with Gasteiger partial charge in [-0.15, -0.1) is 0 Å². The van der Waals surface area contributed by atoms with Crippen LogP contribution in [0.2, 0.25) is 0 Å². The second kappa shape index (κ2) is 10.4. The largest absolute Gasteiger partial charge is 0.397 e. The summed E-state index contributed by atoms with van der Waals surface area (Å²) < 4.78 is 13.0. The van der Waals surface area contributed by atoms with E-state index in [0.29, 0.717) is 17.8 Å². The predicted octanol–water partition coefficient (Wildman–Crippen LogP) is 3.74. The highest BCUT2D eigenvalue weighted by Gasteiger charge is 2.03. The zero-order valence-electron chi connectivity index (χ0n) is 14.7. The van der Waals surface area contributed by atoms with E-state index in [1.807, 2.05) is 42.5 Å². The minimum absolute atomic E-state index is 0.145. The summed E-state index contributed by atoms with van der Waals surface area (Å²) in [6, 6.07) is 13.6. The number of allylic oxidation sites excluding steroid dienone is 2. The Morgan fingerprint density at radius 2 is 1.93 bits per heavy atom. The first kappa shape index (κ1) is 19.7. The second-order valence-electron chi connectivity index (χ2n) is 5.56. The summed E-state index contributed by atoms with van der Waals surface area (Å²) in [5.41, 5.74) is 7.74. The van der Waals surface area contributed by atoms with Gasteiger partial charge in [0.15, 0.2) is 0 Å². The van der Waals surface area contributed by atoms with E-state index in [2.05, 4.69) is 10.6 Å². The molecule has 0 unspecified atom stereocenters. The Balaban J connectivity index is 1.85. The van der Waals surface area contributed by atoms with Gasteiger partial charge in [-0.1, -0.05) is 42.5 Å². The fourth-order valence-electron chi connectivity index (χ4n) is 2.14. The van der Waals surface area contributed by atoms with Gasteiger partial charge in [-0.25, -0.2) is 4.39 Å². The van der Waals surface area contributed by atoms with Crippen LogP contribution in [0.1, 0.15) is 5.56 Å². The van der Waals surface area contributed by atoms with E-state index in [0.717, 1.165) is 17.8 Å². The van der Waals surface area contributed by atoms with Crippen LogP contribution < -0.4 is 16.4 Å². The smallest absolute Gasteiger partial charge is 0.248 e. The topological polar surface area (TPSA) is 91.0 Å². The SMILES string of the molecule is N=CC(=C\NC/C=C/c1ccccc1)/C=C/C(=O)Nc1ccc(F)cc1N. The normalized spacial score (nSPS) is 11.7. The highest BCUT2D eigenvalue weighted by atomic mass is 19.1. The summed E-state index contributed by atoms with van der Waals surface area (Å²) >= 11 is 0. The minimum atomic E-state index is -0.470. The number of hydrogen-bond acceptors (Lipinski definition) is 4. The standard InChI is InChI=1S/C21H21FN4O/c22-18-9-10-20(19(24)13-18)26-21(27)11-8-17(14-23)15-25-12-4-7-16-5-2-1-3-6-16/h1-11,13-15,23,25H,12,24H2,(H,26,27)/b7-4+,11-8+,17-15-,23-14?. The molecule has 5 nitrogen and oxygen atoms in total. The third kappa shape index (κ3) is 6.99. The molecule has 1 amide bonds. The summed E-state index contributed by atoms with van der Waals surface area (Å²) in [5.74, 6) is -0.896. The molecule has 138 valence electrons. The Labute approximate surface area is 157 Å². The van der Waals surface area contributed by atoms with Gasteiger partial charge >= 0.3 is 0 Å². The number of nitrogen functional groups attached to an aromatic ring is 1. The second-order valence-corrected chi connectivity index (χ2v) is 5.56. The predicted molar refractivity (Wildman–Crippen MR) is 109 cm³/mol. The Bertz CT molecular complexity index is 873. The van der Waals surface area contributed by atoms with Gasteiger partial charge in [0, 0.05) is 30.6 Å². The molecular formula is C21H21FN4O. The van der Waals surface area contributed by atoms with E-state index < -0.39 is 11.7 Å². The molecule has 6 heteroatoms. The van der Waals surface area contributed by atoms with Gasteiger partial charge in [0.05, 0.1) is 11.4 Å². The Morgan fingerprint density at radius 3 is 2.63 bits per heavy atom. The van der Waals surface area contributed by atoms with Gasteiger partial charge in [0.2, 0.25) is 5.91 Å². The number of amides is 1. The number of nitrogens with two attached hydrogens (primary N) is 1. The minimum Gasteiger partial charge on any atom is -0.397 e. The summed E-state index contributed by atoms with van der Waals surface area (Å²) in [5, 5.41) is 13.0. The van der Waals surface area contributed by atoms with Crippen LogP contribution in [-0.2, 0) is 4.79 Å². The summed E-state index contributed by atoms with van der Waals surface area (Å²) in [6.07, 6.45) is 9.49. The van der Waals surface area contributed by atoms with Crippen molar-refractivity contribution in [2.45, 2.75) is 0 Å². The van der Waals surface area contributed by atoms with Crippen molar-refractivity contribution in [3.63, 3.8) is 0 Å². The average molecular weight is 364 g/mol. The fraction of sp³-hybridized carbons (Fsp3) is 0.0476. The molecule has 0 bridgehead atoms. The van der Waals surface area contributed by atoms with Crippen molar-refractivity contribution < 1.29 is 9.18 Å². The molecule has 0 aliphatic heterocycles. The van der Waals surface area contributed by atoms with Crippen molar-refractivity contribution in [3.8, 4) is 0 Å². The molecule has 0 radical (unpaired) electrons. The molecule has 2 aromatic rings. The molecule has 0 atom stereocenters. The number of rotatable bonds is 8. The van der Waals surface area contributed by atoms with E-state index in [9.17, 15) is 9.18 Å². The number of benzene rings is 2. The lowest BCUT2D eigenvalue weighted by molar-refractivity contribution is -0.111. The van der Waals surface area contributed by atoms with Gasteiger partial charge in [0.25, 0.3) is 0 Å². The number of hydrogen-bond donors (Lipinski definition) is 4. The van der Waals surface area contributed by atoms with Crippen LogP contribution in [0.5, 0.6) is 0 Å². The number of halogens is 1. The zero-order valence-corrected chi connectivity index (χ0v) is 14.7. The van der Waals surface area contributed by atoms with Crippen molar-refractivity contribution >= 4 is 29.6 Å². The third-order valence-electron chi connectivity index (χ3n) is 3.48. The molecule has 0 aromatic heterocycles. The fourth-order valence-corrected chi connectivity index (χ4v) is 2.14. The first-order valence-electron chi connectivity index (χ1n) is 8.28. The van der Waals surface area contributed by atoms with Crippen molar-refractivity contribution in [2.24, 2.45) is 0 Å². The summed E-state index contributed by atoms with van der Waals surface area (Å²) in [6.45, 7) is 0.582. The maximum atomic E-state index is 13.0.